The van der Waals surface area contributed by atoms with Crippen molar-refractivity contribution in [3.05, 3.63) is 35.9 Å². The third kappa shape index (κ3) is 3.53. The Morgan fingerprint density at radius 3 is 2.82 bits per heavy atom. The maximum Gasteiger partial charge on any atom is 0.0802 e. The number of likely N-dealkylation sites (N-methyl/N-ethyl adjacent to an activating group) is 1. The zero-order chi connectivity index (χ0) is 12.1. The van der Waals surface area contributed by atoms with Crippen LogP contribution in [-0.4, -0.2) is 42.9 Å². The van der Waals surface area contributed by atoms with E-state index in [1.165, 1.54) is 0 Å². The highest BCUT2D eigenvalue weighted by Gasteiger charge is 2.20. The average molecular weight is 235 g/mol. The molecule has 3 nitrogen and oxygen atoms in total. The van der Waals surface area contributed by atoms with Crippen LogP contribution >= 0.6 is 0 Å². The molecule has 0 aliphatic carbocycles. The number of rotatable bonds is 5. The van der Waals surface area contributed by atoms with Crippen LogP contribution in [-0.2, 0) is 4.74 Å². The molecule has 1 aliphatic rings. The minimum Gasteiger partial charge on any atom is -0.388 e. The van der Waals surface area contributed by atoms with Crippen molar-refractivity contribution in [2.45, 2.75) is 25.0 Å². The molecule has 0 radical (unpaired) electrons. The molecule has 1 fully saturated rings. The second kappa shape index (κ2) is 6.15. The number of hydrogen-bond acceptors (Lipinski definition) is 3. The molecule has 17 heavy (non-hydrogen) atoms. The van der Waals surface area contributed by atoms with Gasteiger partial charge < -0.3 is 14.7 Å². The molecule has 0 aromatic heterocycles. The van der Waals surface area contributed by atoms with Crippen molar-refractivity contribution in [2.24, 2.45) is 0 Å². The van der Waals surface area contributed by atoms with E-state index in [1.807, 2.05) is 30.3 Å². The van der Waals surface area contributed by atoms with Crippen molar-refractivity contribution in [3.63, 3.8) is 0 Å². The van der Waals surface area contributed by atoms with Gasteiger partial charge in [0, 0.05) is 19.2 Å². The van der Waals surface area contributed by atoms with Crippen LogP contribution in [0.4, 0.5) is 0 Å². The molecule has 0 bridgehead atoms. The summed E-state index contributed by atoms with van der Waals surface area (Å²) in [6.45, 7) is 2.61. The highest BCUT2D eigenvalue weighted by Crippen LogP contribution is 2.18. The number of aliphatic hydroxyl groups excluding tert-OH is 1. The number of ether oxygens (including phenoxy) is 1. The predicted octanol–water partition coefficient (Wildman–Crippen LogP) is 1.83. The molecule has 2 rings (SSSR count). The lowest BCUT2D eigenvalue weighted by atomic mass is 10.1. The van der Waals surface area contributed by atoms with Crippen molar-refractivity contribution in [1.29, 1.82) is 0 Å². The van der Waals surface area contributed by atoms with Gasteiger partial charge in [0.25, 0.3) is 0 Å². The Labute approximate surface area is 103 Å². The van der Waals surface area contributed by atoms with Gasteiger partial charge in [0.15, 0.2) is 0 Å². The molecule has 2 unspecified atom stereocenters. The highest BCUT2D eigenvalue weighted by atomic mass is 16.5. The zero-order valence-corrected chi connectivity index (χ0v) is 10.4. The van der Waals surface area contributed by atoms with Crippen LogP contribution in [0.3, 0.4) is 0 Å². The third-order valence-electron chi connectivity index (χ3n) is 3.47. The molecule has 2 atom stereocenters. The van der Waals surface area contributed by atoms with E-state index >= 15 is 0 Å². The summed E-state index contributed by atoms with van der Waals surface area (Å²) in [4.78, 5) is 2.29. The summed E-state index contributed by atoms with van der Waals surface area (Å²) in [5, 5.41) is 10.1. The molecule has 0 spiro atoms. The Morgan fingerprint density at radius 1 is 1.41 bits per heavy atom. The average Bonchev–Trinajstić information content (AvgIpc) is 2.90. The van der Waals surface area contributed by atoms with Crippen molar-refractivity contribution >= 4 is 0 Å². The number of hydrogen-bond donors (Lipinski definition) is 1. The van der Waals surface area contributed by atoms with Crippen molar-refractivity contribution in [2.75, 3.05) is 26.8 Å². The first-order valence-electron chi connectivity index (χ1n) is 6.28. The van der Waals surface area contributed by atoms with Gasteiger partial charge in [-0.3, -0.25) is 0 Å². The Kier molecular flexibility index (Phi) is 4.54. The summed E-state index contributed by atoms with van der Waals surface area (Å²) in [5.41, 5.74) is 1.00. The smallest absolute Gasteiger partial charge is 0.0802 e. The van der Waals surface area contributed by atoms with E-state index in [2.05, 4.69) is 11.9 Å². The summed E-state index contributed by atoms with van der Waals surface area (Å²) in [7, 11) is 2.11. The molecule has 3 heteroatoms. The van der Waals surface area contributed by atoms with E-state index in [0.717, 1.165) is 38.2 Å². The van der Waals surface area contributed by atoms with E-state index in [0.29, 0.717) is 6.04 Å². The second-order valence-electron chi connectivity index (χ2n) is 4.71. The summed E-state index contributed by atoms with van der Waals surface area (Å²) in [6, 6.07) is 10.4. The van der Waals surface area contributed by atoms with Gasteiger partial charge in [0.2, 0.25) is 0 Å². The van der Waals surface area contributed by atoms with Crippen molar-refractivity contribution in [1.82, 2.24) is 4.90 Å². The fourth-order valence-corrected chi connectivity index (χ4v) is 2.22. The van der Waals surface area contributed by atoms with Crippen LogP contribution in [0.1, 0.15) is 24.5 Å². The van der Waals surface area contributed by atoms with E-state index in [-0.39, 0.29) is 6.10 Å². The topological polar surface area (TPSA) is 32.7 Å². The maximum atomic E-state index is 10.1. The molecule has 1 aromatic rings. The SMILES string of the molecule is CN(CCC(O)c1ccccc1)C1CCOC1. The van der Waals surface area contributed by atoms with Crippen molar-refractivity contribution in [3.8, 4) is 0 Å². The Morgan fingerprint density at radius 2 is 2.18 bits per heavy atom. The molecule has 1 aromatic carbocycles. The number of aliphatic hydroxyl groups is 1. The van der Waals surface area contributed by atoms with Gasteiger partial charge in [-0.15, -0.1) is 0 Å². The minimum absolute atomic E-state index is 0.360. The lowest BCUT2D eigenvalue weighted by Gasteiger charge is -2.24. The Balaban J connectivity index is 1.77. The van der Waals surface area contributed by atoms with Gasteiger partial charge in [-0.05, 0) is 25.5 Å². The van der Waals surface area contributed by atoms with Crippen LogP contribution in [0, 0.1) is 0 Å². The lowest BCUT2D eigenvalue weighted by molar-refractivity contribution is 0.124. The molecular weight excluding hydrogens is 214 g/mol. The fraction of sp³-hybridized carbons (Fsp3) is 0.571. The van der Waals surface area contributed by atoms with Crippen LogP contribution in [0.2, 0.25) is 0 Å². The number of nitrogens with zero attached hydrogens (tertiary/aromatic N) is 1. The molecule has 94 valence electrons. The summed E-state index contributed by atoms with van der Waals surface area (Å²) in [6.07, 6.45) is 1.52. The van der Waals surface area contributed by atoms with Gasteiger partial charge in [0.05, 0.1) is 12.7 Å². The molecule has 0 amide bonds. The molecule has 1 N–H and O–H groups in total. The minimum atomic E-state index is -0.360. The summed E-state index contributed by atoms with van der Waals surface area (Å²) in [5.74, 6) is 0. The van der Waals surface area contributed by atoms with Crippen LogP contribution in [0.5, 0.6) is 0 Å². The summed E-state index contributed by atoms with van der Waals surface area (Å²) < 4.78 is 5.37. The van der Waals surface area contributed by atoms with Crippen LogP contribution in [0.15, 0.2) is 30.3 Å². The van der Waals surface area contributed by atoms with E-state index in [1.54, 1.807) is 0 Å². The molecule has 1 saturated heterocycles. The van der Waals surface area contributed by atoms with Crippen LogP contribution < -0.4 is 0 Å². The van der Waals surface area contributed by atoms with Crippen LogP contribution in [0.25, 0.3) is 0 Å². The number of benzene rings is 1. The first-order chi connectivity index (χ1) is 8.27. The second-order valence-corrected chi connectivity index (χ2v) is 4.71. The monoisotopic (exact) mass is 235 g/mol. The fourth-order valence-electron chi connectivity index (χ4n) is 2.22. The van der Waals surface area contributed by atoms with E-state index in [9.17, 15) is 5.11 Å². The molecular formula is C14H21NO2. The standard InChI is InChI=1S/C14H21NO2/c1-15(13-8-10-17-11-13)9-7-14(16)12-5-3-2-4-6-12/h2-6,13-14,16H,7-11H2,1H3. The zero-order valence-electron chi connectivity index (χ0n) is 10.4. The quantitative estimate of drug-likeness (QED) is 0.845. The maximum absolute atomic E-state index is 10.1. The normalized spacial score (nSPS) is 21.9. The summed E-state index contributed by atoms with van der Waals surface area (Å²) >= 11 is 0. The van der Waals surface area contributed by atoms with Gasteiger partial charge in [-0.1, -0.05) is 30.3 Å². The Hall–Kier alpha value is -0.900. The molecule has 1 aliphatic heterocycles. The molecule has 1 heterocycles. The highest BCUT2D eigenvalue weighted by molar-refractivity contribution is 5.17. The predicted molar refractivity (Wildman–Crippen MR) is 67.9 cm³/mol. The first-order valence-corrected chi connectivity index (χ1v) is 6.28. The van der Waals surface area contributed by atoms with Gasteiger partial charge in [-0.25, -0.2) is 0 Å². The van der Waals surface area contributed by atoms with Gasteiger partial charge in [-0.2, -0.15) is 0 Å². The third-order valence-corrected chi connectivity index (χ3v) is 3.47. The lowest BCUT2D eigenvalue weighted by Crippen LogP contribution is -2.33. The van der Waals surface area contributed by atoms with E-state index < -0.39 is 0 Å². The largest absolute Gasteiger partial charge is 0.388 e. The molecule has 0 saturated carbocycles. The van der Waals surface area contributed by atoms with Crippen molar-refractivity contribution < 1.29 is 9.84 Å². The Bertz CT molecular complexity index is 322. The first kappa shape index (κ1) is 12.6. The van der Waals surface area contributed by atoms with E-state index in [4.69, 9.17) is 4.74 Å². The van der Waals surface area contributed by atoms with Gasteiger partial charge in [0.1, 0.15) is 0 Å². The van der Waals surface area contributed by atoms with Gasteiger partial charge >= 0.3 is 0 Å².